The van der Waals surface area contributed by atoms with E-state index in [1.807, 2.05) is 58.3 Å². The van der Waals surface area contributed by atoms with E-state index in [9.17, 15) is 0 Å². The molecule has 0 saturated heterocycles. The molecule has 0 aliphatic rings. The first-order valence-electron chi connectivity index (χ1n) is 7.40. The van der Waals surface area contributed by atoms with Crippen molar-refractivity contribution in [3.63, 3.8) is 0 Å². The fraction of sp³-hybridized carbons (Fsp3) is 0.250. The maximum atomic E-state index is 5.58. The van der Waals surface area contributed by atoms with Crippen molar-refractivity contribution in [1.29, 1.82) is 0 Å². The third-order valence-electron chi connectivity index (χ3n) is 2.74. The monoisotopic (exact) mass is 421 g/mol. The molecule has 0 aliphatic carbocycles. The molecule has 0 saturated carbocycles. The van der Waals surface area contributed by atoms with E-state index in [4.69, 9.17) is 11.6 Å². The van der Waals surface area contributed by atoms with Gasteiger partial charge in [0.05, 0.1) is 5.02 Å². The highest BCUT2D eigenvalue weighted by atomic mass is 79.9. The van der Waals surface area contributed by atoms with Crippen LogP contribution >= 0.6 is 27.5 Å². The molecule has 3 rings (SSSR count). The number of halogens is 2. The lowest BCUT2D eigenvalue weighted by molar-refractivity contribution is 1.17. The maximum Gasteiger partial charge on any atom is 0.0591 e. The van der Waals surface area contributed by atoms with Crippen molar-refractivity contribution in [3.8, 4) is 0 Å². The van der Waals surface area contributed by atoms with Gasteiger partial charge < -0.3 is 0 Å². The van der Waals surface area contributed by atoms with Gasteiger partial charge in [-0.2, -0.15) is 0 Å². The van der Waals surface area contributed by atoms with Gasteiger partial charge in [-0.3, -0.25) is 15.0 Å². The summed E-state index contributed by atoms with van der Waals surface area (Å²) in [4.78, 5) is 11.9. The second-order valence-corrected chi connectivity index (χ2v) is 6.69. The fourth-order valence-corrected chi connectivity index (χ4v) is 2.29. The van der Waals surface area contributed by atoms with Gasteiger partial charge in [-0.15, -0.1) is 0 Å². The Labute approximate surface area is 164 Å². The van der Waals surface area contributed by atoms with Gasteiger partial charge in [0.15, 0.2) is 0 Å². The number of aromatic nitrogens is 3. The predicted molar refractivity (Wildman–Crippen MR) is 111 cm³/mol. The van der Waals surface area contributed by atoms with Gasteiger partial charge in [0, 0.05) is 41.2 Å². The van der Waals surface area contributed by atoms with Crippen LogP contribution in [0.15, 0.2) is 59.7 Å². The SMILES string of the molecule is C.Cc1ccc(C)nc1.Cc1cncc(Br)c1.Cc1cncc(Cl)c1. The number of hydrogen-bond acceptors (Lipinski definition) is 3. The van der Waals surface area contributed by atoms with Crippen molar-refractivity contribution in [3.05, 3.63) is 87.1 Å². The van der Waals surface area contributed by atoms with E-state index in [0.29, 0.717) is 5.02 Å². The number of aryl methyl sites for hydroxylation is 4. The van der Waals surface area contributed by atoms with Crippen LogP contribution in [0.2, 0.25) is 5.02 Å². The molecule has 0 N–H and O–H groups in total. The molecule has 3 aromatic heterocycles. The Morgan fingerprint density at radius 2 is 1.36 bits per heavy atom. The zero-order valence-corrected chi connectivity index (χ0v) is 16.6. The summed E-state index contributed by atoms with van der Waals surface area (Å²) in [7, 11) is 0. The highest BCUT2D eigenvalue weighted by Crippen LogP contribution is 2.07. The largest absolute Gasteiger partial charge is 0.263 e. The van der Waals surface area contributed by atoms with Gasteiger partial charge in [0.2, 0.25) is 0 Å². The van der Waals surface area contributed by atoms with Crippen molar-refractivity contribution < 1.29 is 0 Å². The van der Waals surface area contributed by atoms with Gasteiger partial charge in [0.25, 0.3) is 0 Å². The van der Waals surface area contributed by atoms with Crippen molar-refractivity contribution in [2.75, 3.05) is 0 Å². The molecule has 3 nitrogen and oxygen atoms in total. The Balaban J connectivity index is 0.000000339. The summed E-state index contributed by atoms with van der Waals surface area (Å²) in [6.07, 6.45) is 8.85. The molecular formula is C20H25BrClN3. The van der Waals surface area contributed by atoms with Crippen LogP contribution in [0, 0.1) is 27.7 Å². The van der Waals surface area contributed by atoms with Crippen molar-refractivity contribution >= 4 is 27.5 Å². The number of nitrogens with zero attached hydrogens (tertiary/aromatic N) is 3. The van der Waals surface area contributed by atoms with E-state index < -0.39 is 0 Å². The minimum Gasteiger partial charge on any atom is -0.263 e. The molecule has 3 aromatic rings. The number of hydrogen-bond donors (Lipinski definition) is 0. The zero-order valence-electron chi connectivity index (χ0n) is 14.3. The Morgan fingerprint density at radius 1 is 0.760 bits per heavy atom. The zero-order chi connectivity index (χ0) is 17.9. The van der Waals surface area contributed by atoms with Gasteiger partial charge in [-0.1, -0.05) is 25.1 Å². The molecule has 5 heteroatoms. The van der Waals surface area contributed by atoms with Crippen LogP contribution in [0.1, 0.15) is 29.8 Å². The van der Waals surface area contributed by atoms with E-state index in [-0.39, 0.29) is 7.43 Å². The summed E-state index contributed by atoms with van der Waals surface area (Å²) in [5.74, 6) is 0. The first-order chi connectivity index (χ1) is 11.4. The first kappa shape index (κ1) is 23.2. The van der Waals surface area contributed by atoms with E-state index in [2.05, 4.69) is 36.9 Å². The summed E-state index contributed by atoms with van der Waals surface area (Å²) in [5, 5.41) is 0.699. The summed E-state index contributed by atoms with van der Waals surface area (Å²) >= 11 is 8.88. The molecule has 0 bridgehead atoms. The molecular weight excluding hydrogens is 398 g/mol. The highest BCUT2D eigenvalue weighted by Gasteiger charge is 1.85. The molecule has 0 amide bonds. The van der Waals surface area contributed by atoms with Crippen molar-refractivity contribution in [2.45, 2.75) is 35.1 Å². The molecule has 134 valence electrons. The molecule has 25 heavy (non-hydrogen) atoms. The average Bonchev–Trinajstić information content (AvgIpc) is 2.51. The van der Waals surface area contributed by atoms with E-state index in [1.165, 1.54) is 11.1 Å². The third kappa shape index (κ3) is 11.4. The Kier molecular flexibility index (Phi) is 11.7. The number of pyridine rings is 3. The quantitative estimate of drug-likeness (QED) is 0.413. The van der Waals surface area contributed by atoms with Gasteiger partial charge >= 0.3 is 0 Å². The first-order valence-corrected chi connectivity index (χ1v) is 8.57. The van der Waals surface area contributed by atoms with E-state index in [0.717, 1.165) is 15.7 Å². The minimum atomic E-state index is 0. The Bertz CT molecular complexity index is 647. The Hall–Kier alpha value is -1.78. The van der Waals surface area contributed by atoms with Crippen LogP contribution in [-0.4, -0.2) is 15.0 Å². The minimum absolute atomic E-state index is 0. The van der Waals surface area contributed by atoms with Crippen LogP contribution in [0.25, 0.3) is 0 Å². The predicted octanol–water partition coefficient (Wildman–Crippen LogP) is 6.53. The second-order valence-electron chi connectivity index (χ2n) is 5.34. The smallest absolute Gasteiger partial charge is 0.0591 e. The number of rotatable bonds is 0. The summed E-state index contributed by atoms with van der Waals surface area (Å²) in [6, 6.07) is 7.96. The van der Waals surface area contributed by atoms with Crippen LogP contribution in [-0.2, 0) is 0 Å². The molecule has 0 atom stereocenters. The lowest BCUT2D eigenvalue weighted by Crippen LogP contribution is -1.78. The lowest BCUT2D eigenvalue weighted by atomic mass is 10.3. The topological polar surface area (TPSA) is 38.7 Å². The average molecular weight is 423 g/mol. The van der Waals surface area contributed by atoms with Crippen molar-refractivity contribution in [2.24, 2.45) is 0 Å². The standard InChI is InChI=1S/C7H9N.C6H6BrN.C6H6ClN.CH4/c1-6-3-4-7(2)8-5-6;2*1-5-2-6(7)4-8-3-5;/h3-5H,1-2H3;2*2-4H,1H3;1H4. The van der Waals surface area contributed by atoms with Gasteiger partial charge in [0.1, 0.15) is 0 Å². The molecule has 0 spiro atoms. The Morgan fingerprint density at radius 3 is 1.68 bits per heavy atom. The fourth-order valence-electron chi connectivity index (χ4n) is 1.58. The van der Waals surface area contributed by atoms with E-state index in [1.54, 1.807) is 18.6 Å². The summed E-state index contributed by atoms with van der Waals surface area (Å²) < 4.78 is 1.04. The van der Waals surface area contributed by atoms with Crippen LogP contribution in [0.5, 0.6) is 0 Å². The van der Waals surface area contributed by atoms with Crippen LogP contribution < -0.4 is 0 Å². The molecule has 3 heterocycles. The molecule has 0 fully saturated rings. The van der Waals surface area contributed by atoms with Crippen molar-refractivity contribution in [1.82, 2.24) is 15.0 Å². The van der Waals surface area contributed by atoms with Gasteiger partial charge in [-0.05, 0) is 78.5 Å². The highest BCUT2D eigenvalue weighted by molar-refractivity contribution is 9.10. The van der Waals surface area contributed by atoms with E-state index >= 15 is 0 Å². The van der Waals surface area contributed by atoms with Crippen LogP contribution in [0.4, 0.5) is 0 Å². The third-order valence-corrected chi connectivity index (χ3v) is 3.38. The second kappa shape index (κ2) is 12.6. The summed E-state index contributed by atoms with van der Waals surface area (Å²) in [6.45, 7) is 7.99. The summed E-state index contributed by atoms with van der Waals surface area (Å²) in [5.41, 5.74) is 4.57. The lowest BCUT2D eigenvalue weighted by Gasteiger charge is -1.89. The molecule has 0 aliphatic heterocycles. The molecule has 0 radical (unpaired) electrons. The molecule has 0 unspecified atom stereocenters. The maximum absolute atomic E-state index is 5.58. The normalized spacial score (nSPS) is 8.88. The molecule has 0 aromatic carbocycles. The van der Waals surface area contributed by atoms with Crippen LogP contribution in [0.3, 0.4) is 0 Å². The van der Waals surface area contributed by atoms with Gasteiger partial charge in [-0.25, -0.2) is 0 Å².